The fourth-order valence-corrected chi connectivity index (χ4v) is 2.43. The number of nitrogens with one attached hydrogen (secondary N) is 1. The predicted molar refractivity (Wildman–Crippen MR) is 82.0 cm³/mol. The van der Waals surface area contributed by atoms with Crippen LogP contribution in [0.15, 0.2) is 47.5 Å². The predicted octanol–water partition coefficient (Wildman–Crippen LogP) is 2.84. The molecule has 22 heavy (non-hydrogen) atoms. The molecule has 1 N–H and O–H groups in total. The molecule has 0 spiro atoms. The Morgan fingerprint density at radius 3 is 2.68 bits per heavy atom. The van der Waals surface area contributed by atoms with Crippen LogP contribution in [0.5, 0.6) is 0 Å². The molecule has 0 aliphatic carbocycles. The van der Waals surface area contributed by atoms with Crippen LogP contribution in [0.25, 0.3) is 0 Å². The third-order valence-electron chi connectivity index (χ3n) is 3.29. The normalized spacial score (nSPS) is 17.1. The van der Waals surface area contributed by atoms with Gasteiger partial charge in [0.05, 0.1) is 11.4 Å². The Morgan fingerprint density at radius 1 is 1.18 bits per heavy atom. The lowest BCUT2D eigenvalue weighted by molar-refractivity contribution is -0.121. The second-order valence-electron chi connectivity index (χ2n) is 4.72. The molecule has 1 heterocycles. The van der Waals surface area contributed by atoms with Gasteiger partial charge in [0.2, 0.25) is 0 Å². The minimum Gasteiger partial charge on any atom is -0.323 e. The second-order valence-corrected chi connectivity index (χ2v) is 5.15. The van der Waals surface area contributed by atoms with Crippen LogP contribution < -0.4 is 5.32 Å². The Morgan fingerprint density at radius 2 is 1.95 bits per heavy atom. The van der Waals surface area contributed by atoms with E-state index in [-0.39, 0.29) is 11.3 Å². The molecule has 6 heteroatoms. The number of aldehydes is 1. The minimum atomic E-state index is -1.24. The number of fused-ring (bicyclic) bond motifs is 1. The van der Waals surface area contributed by atoms with E-state index in [0.29, 0.717) is 22.6 Å². The zero-order chi connectivity index (χ0) is 15.7. The highest BCUT2D eigenvalue weighted by Crippen LogP contribution is 2.27. The van der Waals surface area contributed by atoms with Gasteiger partial charge in [-0.25, -0.2) is 4.39 Å². The van der Waals surface area contributed by atoms with Crippen molar-refractivity contribution in [2.75, 3.05) is 5.32 Å². The van der Waals surface area contributed by atoms with Crippen molar-refractivity contribution in [3.63, 3.8) is 0 Å². The summed E-state index contributed by atoms with van der Waals surface area (Å²) in [6, 6.07) is 9.57. The maximum absolute atomic E-state index is 14.1. The van der Waals surface area contributed by atoms with E-state index in [1.807, 2.05) is 0 Å². The number of rotatable bonds is 2. The number of benzodiazepines with no additional fused rings is 1. The summed E-state index contributed by atoms with van der Waals surface area (Å²) >= 11 is 6.00. The molecule has 0 saturated heterocycles. The van der Waals surface area contributed by atoms with Gasteiger partial charge in [0, 0.05) is 16.1 Å². The van der Waals surface area contributed by atoms with Crippen LogP contribution in [0.2, 0.25) is 5.02 Å². The molecular weight excluding hydrogens is 307 g/mol. The molecule has 1 unspecified atom stereocenters. The Bertz CT molecular complexity index is 804. The summed E-state index contributed by atoms with van der Waals surface area (Å²) in [4.78, 5) is 27.2. The molecule has 1 aliphatic heterocycles. The number of hydrogen-bond acceptors (Lipinski definition) is 3. The number of aliphatic imine (C=N–C) groups is 1. The standard InChI is InChI=1S/C16H10ClFN2O2/c17-9-5-6-13-11(7-9)15(10-3-1-2-4-12(10)18)19-14(8-21)16(22)20-13/h1-8,14H,(H,20,22). The van der Waals surface area contributed by atoms with Gasteiger partial charge in [-0.2, -0.15) is 0 Å². The molecule has 1 amide bonds. The SMILES string of the molecule is O=CC1N=C(c2ccccc2F)c2cc(Cl)ccc2NC1=O. The van der Waals surface area contributed by atoms with Crippen LogP contribution in [0.3, 0.4) is 0 Å². The van der Waals surface area contributed by atoms with Crippen LogP contribution in [0, 0.1) is 5.82 Å². The highest BCUT2D eigenvalue weighted by atomic mass is 35.5. The molecule has 2 aromatic carbocycles. The van der Waals surface area contributed by atoms with Crippen LogP contribution >= 0.6 is 11.6 Å². The highest BCUT2D eigenvalue weighted by molar-refractivity contribution is 6.32. The number of nitrogens with zero attached hydrogens (tertiary/aromatic N) is 1. The van der Waals surface area contributed by atoms with Crippen molar-refractivity contribution in [1.82, 2.24) is 0 Å². The lowest BCUT2D eigenvalue weighted by Gasteiger charge is -2.11. The Labute approximate surface area is 130 Å². The van der Waals surface area contributed by atoms with Crippen molar-refractivity contribution in [1.29, 1.82) is 0 Å². The monoisotopic (exact) mass is 316 g/mol. The third kappa shape index (κ3) is 2.51. The second kappa shape index (κ2) is 5.69. The van der Waals surface area contributed by atoms with Crippen LogP contribution in [0.1, 0.15) is 11.1 Å². The number of hydrogen-bond donors (Lipinski definition) is 1. The first-order chi connectivity index (χ1) is 10.6. The van der Waals surface area contributed by atoms with Crippen molar-refractivity contribution in [2.24, 2.45) is 4.99 Å². The molecule has 0 saturated carbocycles. The van der Waals surface area contributed by atoms with Gasteiger partial charge in [0.25, 0.3) is 5.91 Å². The number of carbonyl (C=O) groups is 2. The summed E-state index contributed by atoms with van der Waals surface area (Å²) in [5, 5.41) is 3.02. The van der Waals surface area contributed by atoms with E-state index in [4.69, 9.17) is 11.6 Å². The summed E-state index contributed by atoms with van der Waals surface area (Å²) in [7, 11) is 0. The van der Waals surface area contributed by atoms with E-state index in [1.165, 1.54) is 12.1 Å². The van der Waals surface area contributed by atoms with Gasteiger partial charge in [-0.3, -0.25) is 9.79 Å². The first-order valence-corrected chi connectivity index (χ1v) is 6.86. The quantitative estimate of drug-likeness (QED) is 0.684. The van der Waals surface area contributed by atoms with E-state index >= 15 is 0 Å². The van der Waals surface area contributed by atoms with Gasteiger partial charge in [-0.15, -0.1) is 0 Å². The molecule has 4 nitrogen and oxygen atoms in total. The lowest BCUT2D eigenvalue weighted by atomic mass is 10.00. The van der Waals surface area contributed by atoms with Crippen LogP contribution in [0.4, 0.5) is 10.1 Å². The Balaban J connectivity index is 2.29. The molecule has 0 fully saturated rings. The highest BCUT2D eigenvalue weighted by Gasteiger charge is 2.26. The topological polar surface area (TPSA) is 58.5 Å². The third-order valence-corrected chi connectivity index (χ3v) is 3.52. The van der Waals surface area contributed by atoms with Gasteiger partial charge < -0.3 is 10.1 Å². The van der Waals surface area contributed by atoms with Crippen LogP contribution in [-0.2, 0) is 9.59 Å². The first kappa shape index (κ1) is 14.4. The molecule has 0 radical (unpaired) electrons. The molecular formula is C16H10ClFN2O2. The van der Waals surface area contributed by atoms with Gasteiger partial charge in [0.1, 0.15) is 5.82 Å². The summed E-state index contributed by atoms with van der Waals surface area (Å²) in [5.41, 5.74) is 1.32. The number of halogens is 2. The molecule has 2 aromatic rings. The van der Waals surface area contributed by atoms with Crippen molar-refractivity contribution < 1.29 is 14.0 Å². The smallest absolute Gasteiger partial charge is 0.256 e. The van der Waals surface area contributed by atoms with Crippen LogP contribution in [-0.4, -0.2) is 23.9 Å². The first-order valence-electron chi connectivity index (χ1n) is 6.49. The number of benzene rings is 2. The maximum atomic E-state index is 14.1. The largest absolute Gasteiger partial charge is 0.323 e. The van der Waals surface area contributed by atoms with Gasteiger partial charge in [-0.1, -0.05) is 23.7 Å². The van der Waals surface area contributed by atoms with Crippen molar-refractivity contribution >= 4 is 35.2 Å². The minimum absolute atomic E-state index is 0.203. The fraction of sp³-hybridized carbons (Fsp3) is 0.0625. The molecule has 3 rings (SSSR count). The van der Waals surface area contributed by atoms with E-state index < -0.39 is 17.8 Å². The van der Waals surface area contributed by atoms with Crippen molar-refractivity contribution in [3.05, 3.63) is 64.4 Å². The number of anilines is 1. The lowest BCUT2D eigenvalue weighted by Crippen LogP contribution is -2.26. The molecule has 110 valence electrons. The number of carbonyl (C=O) groups excluding carboxylic acids is 2. The fourth-order valence-electron chi connectivity index (χ4n) is 2.26. The molecule has 1 atom stereocenters. The zero-order valence-corrected chi connectivity index (χ0v) is 12.0. The summed E-state index contributed by atoms with van der Waals surface area (Å²) in [6.07, 6.45) is 0.420. The average molecular weight is 317 g/mol. The van der Waals surface area contributed by atoms with E-state index in [0.717, 1.165) is 0 Å². The molecule has 0 aromatic heterocycles. The molecule has 1 aliphatic rings. The average Bonchev–Trinajstić information content (AvgIpc) is 2.64. The van der Waals surface area contributed by atoms with E-state index in [1.54, 1.807) is 30.3 Å². The summed E-state index contributed by atoms with van der Waals surface area (Å²) < 4.78 is 14.1. The number of amides is 1. The van der Waals surface area contributed by atoms with Gasteiger partial charge >= 0.3 is 0 Å². The molecule has 0 bridgehead atoms. The Hall–Kier alpha value is -2.53. The van der Waals surface area contributed by atoms with Crippen molar-refractivity contribution in [3.8, 4) is 0 Å². The van der Waals surface area contributed by atoms with E-state index in [9.17, 15) is 14.0 Å². The van der Waals surface area contributed by atoms with E-state index in [2.05, 4.69) is 10.3 Å². The van der Waals surface area contributed by atoms with Gasteiger partial charge in [0.15, 0.2) is 12.3 Å². The Kier molecular flexibility index (Phi) is 3.73. The van der Waals surface area contributed by atoms with Crippen molar-refractivity contribution in [2.45, 2.75) is 6.04 Å². The summed E-state index contributed by atoms with van der Waals surface area (Å²) in [6.45, 7) is 0. The van der Waals surface area contributed by atoms with Gasteiger partial charge in [-0.05, 0) is 30.3 Å². The zero-order valence-electron chi connectivity index (χ0n) is 11.2. The maximum Gasteiger partial charge on any atom is 0.256 e. The summed E-state index contributed by atoms with van der Waals surface area (Å²) in [5.74, 6) is -1.06.